The maximum atomic E-state index is 4.66. The lowest BCUT2D eigenvalue weighted by Gasteiger charge is -2.19. The number of aromatic nitrogens is 3. The SMILES string of the molecule is CCCNC(Cc1ccn(C(C)C)n1)c1ncccc1C. The maximum Gasteiger partial charge on any atom is 0.0644 e. The van der Waals surface area contributed by atoms with Crippen LogP contribution < -0.4 is 5.32 Å². The highest BCUT2D eigenvalue weighted by atomic mass is 15.3. The first-order valence-corrected chi connectivity index (χ1v) is 7.80. The summed E-state index contributed by atoms with van der Waals surface area (Å²) in [7, 11) is 0. The van der Waals surface area contributed by atoms with Crippen molar-refractivity contribution in [2.75, 3.05) is 6.54 Å². The number of rotatable bonds is 7. The Bertz CT molecular complexity index is 559. The molecule has 0 aliphatic heterocycles. The molecule has 1 unspecified atom stereocenters. The minimum Gasteiger partial charge on any atom is -0.308 e. The Morgan fingerprint density at radius 2 is 2.10 bits per heavy atom. The van der Waals surface area contributed by atoms with Crippen LogP contribution in [0.25, 0.3) is 0 Å². The molecule has 0 bridgehead atoms. The molecule has 2 aromatic heterocycles. The predicted molar refractivity (Wildman–Crippen MR) is 86.3 cm³/mol. The van der Waals surface area contributed by atoms with Crippen molar-refractivity contribution >= 4 is 0 Å². The first-order valence-electron chi connectivity index (χ1n) is 7.80. The van der Waals surface area contributed by atoms with Gasteiger partial charge in [-0.25, -0.2) is 0 Å². The van der Waals surface area contributed by atoms with E-state index in [1.807, 2.05) is 16.9 Å². The van der Waals surface area contributed by atoms with Crippen LogP contribution in [-0.2, 0) is 6.42 Å². The van der Waals surface area contributed by atoms with Gasteiger partial charge in [-0.3, -0.25) is 9.67 Å². The molecule has 0 radical (unpaired) electrons. The third-order valence-corrected chi connectivity index (χ3v) is 3.63. The molecule has 4 heteroatoms. The average molecular weight is 286 g/mol. The van der Waals surface area contributed by atoms with Crippen LogP contribution in [0.3, 0.4) is 0 Å². The largest absolute Gasteiger partial charge is 0.308 e. The normalized spacial score (nSPS) is 12.8. The monoisotopic (exact) mass is 286 g/mol. The standard InChI is InChI=1S/C17H26N4/c1-5-9-18-16(17-14(4)7-6-10-19-17)12-15-8-11-21(20-15)13(2)3/h6-8,10-11,13,16,18H,5,9,12H2,1-4H3. The van der Waals surface area contributed by atoms with E-state index in [1.54, 1.807) is 0 Å². The van der Waals surface area contributed by atoms with Crippen molar-refractivity contribution in [1.29, 1.82) is 0 Å². The van der Waals surface area contributed by atoms with Crippen molar-refractivity contribution in [3.8, 4) is 0 Å². The van der Waals surface area contributed by atoms with Crippen LogP contribution in [0, 0.1) is 6.92 Å². The van der Waals surface area contributed by atoms with E-state index in [0.29, 0.717) is 6.04 Å². The molecule has 1 N–H and O–H groups in total. The Kier molecular flexibility index (Phi) is 5.51. The van der Waals surface area contributed by atoms with Gasteiger partial charge in [-0.2, -0.15) is 5.10 Å². The van der Waals surface area contributed by atoms with Gasteiger partial charge in [-0.15, -0.1) is 0 Å². The third-order valence-electron chi connectivity index (χ3n) is 3.63. The molecule has 0 fully saturated rings. The summed E-state index contributed by atoms with van der Waals surface area (Å²) in [6.45, 7) is 9.59. The van der Waals surface area contributed by atoms with Crippen molar-refractivity contribution in [2.24, 2.45) is 0 Å². The first kappa shape index (κ1) is 15.7. The van der Waals surface area contributed by atoms with E-state index in [2.05, 4.69) is 61.4 Å². The molecule has 0 spiro atoms. The van der Waals surface area contributed by atoms with Crippen molar-refractivity contribution in [2.45, 2.75) is 52.6 Å². The summed E-state index contributed by atoms with van der Waals surface area (Å²) in [6, 6.07) is 6.84. The quantitative estimate of drug-likeness (QED) is 0.847. The highest BCUT2D eigenvalue weighted by molar-refractivity contribution is 5.22. The van der Waals surface area contributed by atoms with Crippen LogP contribution in [0.5, 0.6) is 0 Å². The Labute approximate surface area is 127 Å². The Balaban J connectivity index is 2.18. The van der Waals surface area contributed by atoms with E-state index in [1.165, 1.54) is 5.56 Å². The van der Waals surface area contributed by atoms with Gasteiger partial charge in [0.1, 0.15) is 0 Å². The molecule has 114 valence electrons. The zero-order valence-electron chi connectivity index (χ0n) is 13.5. The summed E-state index contributed by atoms with van der Waals surface area (Å²) >= 11 is 0. The van der Waals surface area contributed by atoms with E-state index in [4.69, 9.17) is 0 Å². The van der Waals surface area contributed by atoms with Crippen molar-refractivity contribution in [1.82, 2.24) is 20.1 Å². The Morgan fingerprint density at radius 1 is 1.29 bits per heavy atom. The highest BCUT2D eigenvalue weighted by Crippen LogP contribution is 2.19. The molecule has 2 rings (SSSR count). The van der Waals surface area contributed by atoms with Gasteiger partial charge in [0.25, 0.3) is 0 Å². The lowest BCUT2D eigenvalue weighted by atomic mass is 10.0. The van der Waals surface area contributed by atoms with Gasteiger partial charge in [0.2, 0.25) is 0 Å². The maximum absolute atomic E-state index is 4.66. The van der Waals surface area contributed by atoms with Gasteiger partial charge >= 0.3 is 0 Å². The third kappa shape index (κ3) is 4.14. The summed E-state index contributed by atoms with van der Waals surface area (Å²) in [5.41, 5.74) is 3.47. The van der Waals surface area contributed by atoms with E-state index < -0.39 is 0 Å². The number of hydrogen-bond donors (Lipinski definition) is 1. The zero-order valence-corrected chi connectivity index (χ0v) is 13.5. The van der Waals surface area contributed by atoms with E-state index in [0.717, 1.165) is 30.8 Å². The molecule has 0 saturated carbocycles. The number of hydrogen-bond acceptors (Lipinski definition) is 3. The Hall–Kier alpha value is -1.68. The summed E-state index contributed by atoms with van der Waals surface area (Å²) < 4.78 is 2.01. The summed E-state index contributed by atoms with van der Waals surface area (Å²) in [5.74, 6) is 0. The fourth-order valence-electron chi connectivity index (χ4n) is 2.43. The summed E-state index contributed by atoms with van der Waals surface area (Å²) in [5, 5.41) is 8.26. The van der Waals surface area contributed by atoms with Crippen LogP contribution in [0.2, 0.25) is 0 Å². The van der Waals surface area contributed by atoms with Crippen molar-refractivity contribution in [3.05, 3.63) is 47.5 Å². The van der Waals surface area contributed by atoms with Gasteiger partial charge in [0.05, 0.1) is 17.4 Å². The first-order chi connectivity index (χ1) is 10.1. The van der Waals surface area contributed by atoms with Crippen LogP contribution in [0.15, 0.2) is 30.6 Å². The molecule has 1 atom stereocenters. The number of nitrogens with one attached hydrogen (secondary N) is 1. The zero-order chi connectivity index (χ0) is 15.2. The second-order valence-electron chi connectivity index (χ2n) is 5.80. The topological polar surface area (TPSA) is 42.7 Å². The minimum atomic E-state index is 0.224. The molecule has 0 aliphatic carbocycles. The van der Waals surface area contributed by atoms with Crippen LogP contribution in [0.4, 0.5) is 0 Å². The van der Waals surface area contributed by atoms with Crippen molar-refractivity contribution < 1.29 is 0 Å². The van der Waals surface area contributed by atoms with Crippen LogP contribution in [-0.4, -0.2) is 21.3 Å². The van der Waals surface area contributed by atoms with Gasteiger partial charge in [-0.05, 0) is 51.4 Å². The smallest absolute Gasteiger partial charge is 0.0644 e. The predicted octanol–water partition coefficient (Wildman–Crippen LogP) is 3.45. The van der Waals surface area contributed by atoms with Crippen LogP contribution >= 0.6 is 0 Å². The van der Waals surface area contributed by atoms with E-state index in [-0.39, 0.29) is 6.04 Å². The highest BCUT2D eigenvalue weighted by Gasteiger charge is 2.16. The molecular weight excluding hydrogens is 260 g/mol. The van der Waals surface area contributed by atoms with Gasteiger partial charge in [0, 0.05) is 24.9 Å². The van der Waals surface area contributed by atoms with Gasteiger partial charge in [-0.1, -0.05) is 13.0 Å². The van der Waals surface area contributed by atoms with E-state index >= 15 is 0 Å². The molecule has 0 amide bonds. The second kappa shape index (κ2) is 7.36. The molecular formula is C17H26N4. The second-order valence-corrected chi connectivity index (χ2v) is 5.80. The van der Waals surface area contributed by atoms with Gasteiger partial charge < -0.3 is 5.32 Å². The summed E-state index contributed by atoms with van der Waals surface area (Å²) in [6.07, 6.45) is 5.91. The lowest BCUT2D eigenvalue weighted by Crippen LogP contribution is -2.26. The molecule has 2 aromatic rings. The number of aryl methyl sites for hydroxylation is 1. The Morgan fingerprint density at radius 3 is 2.71 bits per heavy atom. The molecule has 2 heterocycles. The van der Waals surface area contributed by atoms with Crippen LogP contribution in [0.1, 0.15) is 56.2 Å². The fraction of sp³-hybridized carbons (Fsp3) is 0.529. The average Bonchev–Trinajstić information content (AvgIpc) is 2.93. The molecule has 0 aromatic carbocycles. The number of pyridine rings is 1. The number of nitrogens with zero attached hydrogens (tertiary/aromatic N) is 3. The molecule has 4 nitrogen and oxygen atoms in total. The minimum absolute atomic E-state index is 0.224. The molecule has 21 heavy (non-hydrogen) atoms. The lowest BCUT2D eigenvalue weighted by molar-refractivity contribution is 0.492. The van der Waals surface area contributed by atoms with Gasteiger partial charge in [0.15, 0.2) is 0 Å². The van der Waals surface area contributed by atoms with E-state index in [9.17, 15) is 0 Å². The molecule has 0 aliphatic rings. The fourth-order valence-corrected chi connectivity index (χ4v) is 2.43. The van der Waals surface area contributed by atoms with Crippen molar-refractivity contribution in [3.63, 3.8) is 0 Å². The summed E-state index contributed by atoms with van der Waals surface area (Å²) in [4.78, 5) is 4.57. The molecule has 0 saturated heterocycles.